The fourth-order valence-corrected chi connectivity index (χ4v) is 3.27. The molecule has 32 heavy (non-hydrogen) atoms. The summed E-state index contributed by atoms with van der Waals surface area (Å²) in [6.45, 7) is 13.1. The summed E-state index contributed by atoms with van der Waals surface area (Å²) < 4.78 is 5.42. The molecule has 0 heterocycles. The molecule has 166 valence electrons. The van der Waals surface area contributed by atoms with Gasteiger partial charge in [0.25, 0.3) is 0 Å². The van der Waals surface area contributed by atoms with Gasteiger partial charge in [0.15, 0.2) is 6.67 Å². The molecule has 0 bridgehead atoms. The minimum atomic E-state index is -0.590. The van der Waals surface area contributed by atoms with Crippen LogP contribution in [0.1, 0.15) is 37.5 Å². The average molecular weight is 430 g/mol. The number of nitrogens with zero attached hydrogens (tertiary/aromatic N) is 1. The van der Waals surface area contributed by atoms with Crippen molar-refractivity contribution in [2.45, 2.75) is 46.8 Å². The molecule has 0 aliphatic carbocycles. The predicted octanol–water partition coefficient (Wildman–Crippen LogP) is 6.32. The minimum absolute atomic E-state index is 0.423. The molecule has 0 fully saturated rings. The number of carbonyl (C=O) groups excluding carboxylic acids is 1. The molecule has 2 radical (unpaired) electrons. The Morgan fingerprint density at radius 2 is 1.47 bits per heavy atom. The molecule has 5 heteroatoms. The van der Waals surface area contributed by atoms with E-state index < -0.39 is 11.7 Å². The van der Waals surface area contributed by atoms with Crippen LogP contribution in [0.2, 0.25) is 0 Å². The van der Waals surface area contributed by atoms with Crippen LogP contribution >= 0.6 is 0 Å². The molecule has 5 nitrogen and oxygen atoms in total. The van der Waals surface area contributed by atoms with Gasteiger partial charge in [-0.25, -0.2) is 4.79 Å². The van der Waals surface area contributed by atoms with Gasteiger partial charge in [0.1, 0.15) is 5.60 Å². The van der Waals surface area contributed by atoms with E-state index in [2.05, 4.69) is 41.7 Å². The minimum Gasteiger partial charge on any atom is -0.443 e. The second kappa shape index (κ2) is 10.3. The standard InChI is InChI=1S/C27H31N3O2/c1-20-10-9-11-21(2)25(20)28-19-30(29-26(31)32-27(3,4)5)18-22-14-16-24(17-15-22)23-12-7-6-8-13-23/h6-17,28H,18H2,1-5H3,(H,29,31). The third-order valence-corrected chi connectivity index (χ3v) is 4.82. The van der Waals surface area contributed by atoms with Gasteiger partial charge in [0.05, 0.1) is 0 Å². The van der Waals surface area contributed by atoms with Gasteiger partial charge in [-0.2, -0.15) is 5.01 Å². The zero-order valence-corrected chi connectivity index (χ0v) is 19.4. The normalized spacial score (nSPS) is 11.3. The maximum atomic E-state index is 12.4. The number of aryl methyl sites for hydroxylation is 2. The Kier molecular flexibility index (Phi) is 7.54. The van der Waals surface area contributed by atoms with Crippen molar-refractivity contribution >= 4 is 11.8 Å². The predicted molar refractivity (Wildman–Crippen MR) is 130 cm³/mol. The van der Waals surface area contributed by atoms with Crippen molar-refractivity contribution < 1.29 is 9.53 Å². The lowest BCUT2D eigenvalue weighted by Crippen LogP contribution is -2.44. The van der Waals surface area contributed by atoms with Gasteiger partial charge in [0, 0.05) is 12.2 Å². The van der Waals surface area contributed by atoms with E-state index in [9.17, 15) is 4.79 Å². The summed E-state index contributed by atoms with van der Waals surface area (Å²) in [6, 6.07) is 24.6. The van der Waals surface area contributed by atoms with Crippen LogP contribution in [0.4, 0.5) is 10.5 Å². The second-order valence-electron chi connectivity index (χ2n) is 8.77. The summed E-state index contributed by atoms with van der Waals surface area (Å²) >= 11 is 0. The van der Waals surface area contributed by atoms with Crippen LogP contribution in [0.5, 0.6) is 0 Å². The Morgan fingerprint density at radius 1 is 0.875 bits per heavy atom. The van der Waals surface area contributed by atoms with Crippen molar-refractivity contribution in [2.75, 3.05) is 5.32 Å². The third-order valence-electron chi connectivity index (χ3n) is 4.82. The quantitative estimate of drug-likeness (QED) is 0.341. The fraction of sp³-hybridized carbons (Fsp3) is 0.259. The van der Waals surface area contributed by atoms with Gasteiger partial charge in [-0.05, 0) is 62.4 Å². The van der Waals surface area contributed by atoms with E-state index in [4.69, 9.17) is 4.74 Å². The Morgan fingerprint density at radius 3 is 2.06 bits per heavy atom. The summed E-state index contributed by atoms with van der Waals surface area (Å²) in [5.74, 6) is 0. The Hall–Kier alpha value is -3.31. The summed E-state index contributed by atoms with van der Waals surface area (Å²) in [6.07, 6.45) is -0.533. The number of benzene rings is 3. The molecule has 3 rings (SSSR count). The van der Waals surface area contributed by atoms with E-state index in [0.717, 1.165) is 33.5 Å². The lowest BCUT2D eigenvalue weighted by Gasteiger charge is -2.26. The first-order valence-electron chi connectivity index (χ1n) is 10.7. The molecule has 0 spiro atoms. The summed E-state index contributed by atoms with van der Waals surface area (Å²) in [7, 11) is 0. The van der Waals surface area contributed by atoms with E-state index in [-0.39, 0.29) is 0 Å². The molecule has 2 N–H and O–H groups in total. The van der Waals surface area contributed by atoms with E-state index in [1.807, 2.05) is 83.1 Å². The van der Waals surface area contributed by atoms with E-state index in [1.54, 1.807) is 5.01 Å². The molecule has 3 aromatic rings. The smallest absolute Gasteiger partial charge is 0.422 e. The first kappa shape index (κ1) is 23.4. The summed E-state index contributed by atoms with van der Waals surface area (Å²) in [5, 5.41) is 4.79. The highest BCUT2D eigenvalue weighted by atomic mass is 16.6. The number of ether oxygens (including phenoxy) is 1. The molecule has 0 atom stereocenters. The van der Waals surface area contributed by atoms with Gasteiger partial charge < -0.3 is 10.1 Å². The lowest BCUT2D eigenvalue weighted by molar-refractivity contribution is 0.0365. The van der Waals surface area contributed by atoms with Gasteiger partial charge >= 0.3 is 6.09 Å². The van der Waals surface area contributed by atoms with E-state index in [0.29, 0.717) is 6.54 Å². The highest BCUT2D eigenvalue weighted by Crippen LogP contribution is 2.22. The van der Waals surface area contributed by atoms with Crippen LogP contribution in [-0.4, -0.2) is 16.7 Å². The van der Waals surface area contributed by atoms with Gasteiger partial charge in [-0.1, -0.05) is 72.8 Å². The monoisotopic (exact) mass is 429 g/mol. The highest BCUT2D eigenvalue weighted by molar-refractivity contribution is 5.67. The van der Waals surface area contributed by atoms with Gasteiger partial charge in [-0.3, -0.25) is 5.43 Å². The molecule has 1 amide bonds. The maximum Gasteiger partial charge on any atom is 0.422 e. The number of rotatable bonds is 7. The first-order chi connectivity index (χ1) is 15.2. The molecule has 0 saturated carbocycles. The van der Waals surface area contributed by atoms with Crippen molar-refractivity contribution in [3.8, 4) is 11.1 Å². The number of para-hydroxylation sites is 1. The Labute approximate surface area is 191 Å². The van der Waals surface area contributed by atoms with Crippen LogP contribution in [0.25, 0.3) is 11.1 Å². The zero-order chi connectivity index (χ0) is 23.1. The number of nitrogens with one attached hydrogen (secondary N) is 2. The topological polar surface area (TPSA) is 53.6 Å². The van der Waals surface area contributed by atoms with Crippen LogP contribution < -0.4 is 10.7 Å². The maximum absolute atomic E-state index is 12.4. The molecule has 3 aromatic carbocycles. The van der Waals surface area contributed by atoms with Gasteiger partial charge in [0.2, 0.25) is 0 Å². The highest BCUT2D eigenvalue weighted by Gasteiger charge is 2.19. The number of hydrogen-bond acceptors (Lipinski definition) is 4. The van der Waals surface area contributed by atoms with Crippen molar-refractivity contribution in [3.63, 3.8) is 0 Å². The van der Waals surface area contributed by atoms with Crippen molar-refractivity contribution in [1.29, 1.82) is 0 Å². The molecular formula is C27H31N3O2. The van der Waals surface area contributed by atoms with Crippen LogP contribution in [-0.2, 0) is 11.3 Å². The zero-order valence-electron chi connectivity index (χ0n) is 19.4. The number of hydrogen-bond donors (Lipinski definition) is 2. The Balaban J connectivity index is 1.73. The Bertz CT molecular complexity index is 1000. The second-order valence-corrected chi connectivity index (χ2v) is 8.77. The number of hydrazine groups is 1. The lowest BCUT2D eigenvalue weighted by atomic mass is 10.0. The summed E-state index contributed by atoms with van der Waals surface area (Å²) in [4.78, 5) is 12.4. The first-order valence-corrected chi connectivity index (χ1v) is 10.7. The fourth-order valence-electron chi connectivity index (χ4n) is 3.27. The van der Waals surface area contributed by atoms with E-state index >= 15 is 0 Å². The molecular weight excluding hydrogens is 398 g/mol. The van der Waals surface area contributed by atoms with Crippen LogP contribution in [0, 0.1) is 20.5 Å². The van der Waals surface area contributed by atoms with Crippen molar-refractivity contribution in [3.05, 3.63) is 96.2 Å². The SMILES string of the molecule is Cc1cccc(C)c1N[C]N(Cc1ccc(-c2ccccc2)cc1)NC(=O)OC(C)(C)C. The van der Waals surface area contributed by atoms with Crippen LogP contribution in [0.3, 0.4) is 0 Å². The molecule has 0 aliphatic rings. The van der Waals surface area contributed by atoms with Gasteiger partial charge in [-0.15, -0.1) is 0 Å². The number of carbonyl (C=O) groups is 1. The molecule has 0 saturated heterocycles. The third kappa shape index (κ3) is 6.86. The molecule has 0 aliphatic heterocycles. The average Bonchev–Trinajstić information content (AvgIpc) is 2.73. The molecule has 0 aromatic heterocycles. The van der Waals surface area contributed by atoms with Crippen molar-refractivity contribution in [2.24, 2.45) is 0 Å². The number of amides is 1. The van der Waals surface area contributed by atoms with Crippen molar-refractivity contribution in [1.82, 2.24) is 10.4 Å². The van der Waals surface area contributed by atoms with Crippen LogP contribution in [0.15, 0.2) is 72.8 Å². The summed E-state index contributed by atoms with van der Waals surface area (Å²) in [5.41, 5.74) is 8.68. The largest absolute Gasteiger partial charge is 0.443 e. The van der Waals surface area contributed by atoms with E-state index in [1.165, 1.54) is 0 Å². The number of anilines is 1. The molecule has 0 unspecified atom stereocenters.